The summed E-state index contributed by atoms with van der Waals surface area (Å²) in [6.07, 6.45) is 4.96. The molecule has 0 fully saturated rings. The number of benzene rings is 2. The standard InChI is InChI=1S/C27H27N3O3S/c1-2-22(18-9-4-3-5-10-18)26(32)28-19-11-8-12-21(15-19)33-17-20-16-25(31)30-23-13-6-7-14-24(23)34-27(30)29-20/h3-5,8-12,15-16,22H,2,6-7,13-14,17H2,1H3,(H,28,32). The molecule has 4 aromatic rings. The third-order valence-electron chi connectivity index (χ3n) is 6.23. The Hall–Kier alpha value is -3.45. The van der Waals surface area contributed by atoms with Gasteiger partial charge in [0.15, 0.2) is 4.96 Å². The molecule has 2 aromatic carbocycles. The molecule has 0 radical (unpaired) electrons. The Kier molecular flexibility index (Phi) is 6.45. The van der Waals surface area contributed by atoms with Crippen LogP contribution in [0.3, 0.4) is 0 Å². The van der Waals surface area contributed by atoms with Crippen LogP contribution in [0.25, 0.3) is 4.96 Å². The molecular weight excluding hydrogens is 446 g/mol. The number of amides is 1. The smallest absolute Gasteiger partial charge is 0.259 e. The fourth-order valence-electron chi connectivity index (χ4n) is 4.52. The molecule has 0 spiro atoms. The highest BCUT2D eigenvalue weighted by molar-refractivity contribution is 7.17. The van der Waals surface area contributed by atoms with Gasteiger partial charge in [-0.05, 0) is 49.8 Å². The van der Waals surface area contributed by atoms with Crippen LogP contribution in [0, 0.1) is 0 Å². The zero-order chi connectivity index (χ0) is 23.5. The highest BCUT2D eigenvalue weighted by Gasteiger charge is 2.20. The lowest BCUT2D eigenvalue weighted by Gasteiger charge is -2.16. The number of carbonyl (C=O) groups excluding carboxylic acids is 1. The molecule has 1 aliphatic rings. The molecule has 0 bridgehead atoms. The summed E-state index contributed by atoms with van der Waals surface area (Å²) < 4.78 is 7.69. The molecule has 1 unspecified atom stereocenters. The fraction of sp³-hybridized carbons (Fsp3) is 0.296. The molecule has 2 heterocycles. The van der Waals surface area contributed by atoms with Crippen molar-refractivity contribution in [3.05, 3.63) is 92.8 Å². The Bertz CT molecular complexity index is 1380. The van der Waals surface area contributed by atoms with Gasteiger partial charge in [-0.25, -0.2) is 4.98 Å². The Morgan fingerprint density at radius 1 is 1.12 bits per heavy atom. The van der Waals surface area contributed by atoms with Crippen LogP contribution < -0.4 is 15.6 Å². The van der Waals surface area contributed by atoms with Crippen LogP contribution in [-0.4, -0.2) is 15.3 Å². The third-order valence-corrected chi connectivity index (χ3v) is 7.37. The Balaban J connectivity index is 1.28. The van der Waals surface area contributed by atoms with E-state index in [-0.39, 0.29) is 24.0 Å². The number of aromatic nitrogens is 2. The van der Waals surface area contributed by atoms with Crippen molar-refractivity contribution in [3.63, 3.8) is 0 Å². The number of hydrogen-bond donors (Lipinski definition) is 1. The van der Waals surface area contributed by atoms with Crippen LogP contribution in [0.15, 0.2) is 65.5 Å². The van der Waals surface area contributed by atoms with E-state index in [4.69, 9.17) is 4.74 Å². The van der Waals surface area contributed by atoms with Crippen LogP contribution >= 0.6 is 11.3 Å². The second kappa shape index (κ2) is 9.81. The summed E-state index contributed by atoms with van der Waals surface area (Å²) in [5.74, 6) is 0.344. The molecule has 0 aliphatic heterocycles. The second-order valence-corrected chi connectivity index (χ2v) is 9.62. The molecule has 1 aliphatic carbocycles. The molecule has 1 N–H and O–H groups in total. The minimum atomic E-state index is -0.216. The molecular formula is C27H27N3O3S. The van der Waals surface area contributed by atoms with Crippen molar-refractivity contribution in [3.8, 4) is 5.75 Å². The summed E-state index contributed by atoms with van der Waals surface area (Å²) in [7, 11) is 0. The van der Waals surface area contributed by atoms with E-state index in [1.165, 1.54) is 11.3 Å². The zero-order valence-electron chi connectivity index (χ0n) is 19.1. The van der Waals surface area contributed by atoms with Crippen LogP contribution in [-0.2, 0) is 24.2 Å². The van der Waals surface area contributed by atoms with Gasteiger partial charge in [-0.1, -0.05) is 43.3 Å². The highest BCUT2D eigenvalue weighted by atomic mass is 32.1. The van der Waals surface area contributed by atoms with Gasteiger partial charge >= 0.3 is 0 Å². The third kappa shape index (κ3) is 4.61. The van der Waals surface area contributed by atoms with Crippen molar-refractivity contribution in [1.82, 2.24) is 9.38 Å². The molecule has 2 aromatic heterocycles. The summed E-state index contributed by atoms with van der Waals surface area (Å²) in [4.78, 5) is 32.3. The van der Waals surface area contributed by atoms with Crippen molar-refractivity contribution in [2.24, 2.45) is 0 Å². The maximum Gasteiger partial charge on any atom is 0.259 e. The van der Waals surface area contributed by atoms with Crippen molar-refractivity contribution in [1.29, 1.82) is 0 Å². The Labute approximate surface area is 202 Å². The lowest BCUT2D eigenvalue weighted by Crippen LogP contribution is -2.20. The molecule has 0 saturated carbocycles. The number of nitrogens with zero attached hydrogens (tertiary/aromatic N) is 2. The average Bonchev–Trinajstić information content (AvgIpc) is 3.23. The topological polar surface area (TPSA) is 72.7 Å². The molecule has 7 heteroatoms. The van der Waals surface area contributed by atoms with E-state index in [0.717, 1.165) is 35.5 Å². The molecule has 1 atom stereocenters. The van der Waals surface area contributed by atoms with E-state index in [1.54, 1.807) is 27.9 Å². The van der Waals surface area contributed by atoms with Crippen LogP contribution in [0.4, 0.5) is 5.69 Å². The number of ether oxygens (including phenoxy) is 1. The Morgan fingerprint density at radius 3 is 2.76 bits per heavy atom. The quantitative estimate of drug-likeness (QED) is 0.393. The molecule has 1 amide bonds. The molecule has 174 valence electrons. The number of anilines is 1. The number of nitrogens with one attached hydrogen (secondary N) is 1. The lowest BCUT2D eigenvalue weighted by atomic mass is 9.95. The first-order chi connectivity index (χ1) is 16.6. The summed E-state index contributed by atoms with van der Waals surface area (Å²) in [6, 6.07) is 18.7. The van der Waals surface area contributed by atoms with Crippen molar-refractivity contribution in [2.75, 3.05) is 5.32 Å². The molecule has 34 heavy (non-hydrogen) atoms. The molecule has 0 saturated heterocycles. The van der Waals surface area contributed by atoms with E-state index < -0.39 is 0 Å². The average molecular weight is 474 g/mol. The van der Waals surface area contributed by atoms with Crippen molar-refractivity contribution < 1.29 is 9.53 Å². The maximum absolute atomic E-state index is 12.9. The predicted octanol–water partition coefficient (Wildman–Crippen LogP) is 5.35. The van der Waals surface area contributed by atoms with Gasteiger partial charge in [-0.3, -0.25) is 14.0 Å². The predicted molar refractivity (Wildman–Crippen MR) is 135 cm³/mol. The van der Waals surface area contributed by atoms with Gasteiger partial charge in [0.1, 0.15) is 12.4 Å². The summed E-state index contributed by atoms with van der Waals surface area (Å²) in [5, 5.41) is 3.00. The monoisotopic (exact) mass is 473 g/mol. The number of hydrogen-bond acceptors (Lipinski definition) is 5. The minimum Gasteiger partial charge on any atom is -0.487 e. The highest BCUT2D eigenvalue weighted by Crippen LogP contribution is 2.28. The van der Waals surface area contributed by atoms with Gasteiger partial charge in [0, 0.05) is 28.4 Å². The van der Waals surface area contributed by atoms with E-state index in [2.05, 4.69) is 10.3 Å². The largest absolute Gasteiger partial charge is 0.487 e. The van der Waals surface area contributed by atoms with E-state index >= 15 is 0 Å². The normalized spacial score (nSPS) is 13.9. The van der Waals surface area contributed by atoms with Crippen molar-refractivity contribution >= 4 is 27.9 Å². The van der Waals surface area contributed by atoms with E-state index in [1.807, 2.05) is 55.5 Å². The minimum absolute atomic E-state index is 0.0458. The number of carbonyl (C=O) groups is 1. The number of aryl methyl sites for hydroxylation is 2. The number of thiazole rings is 1. The van der Waals surface area contributed by atoms with Gasteiger partial charge in [0.2, 0.25) is 5.91 Å². The summed E-state index contributed by atoms with van der Waals surface area (Å²) in [5.41, 5.74) is 3.36. The first kappa shape index (κ1) is 22.3. The van der Waals surface area contributed by atoms with Crippen LogP contribution in [0.2, 0.25) is 0 Å². The van der Waals surface area contributed by atoms with Gasteiger partial charge in [0.05, 0.1) is 11.6 Å². The molecule has 6 nitrogen and oxygen atoms in total. The van der Waals surface area contributed by atoms with Crippen LogP contribution in [0.5, 0.6) is 5.75 Å². The van der Waals surface area contributed by atoms with Gasteiger partial charge in [-0.15, -0.1) is 11.3 Å². The van der Waals surface area contributed by atoms with Gasteiger partial charge in [0.25, 0.3) is 5.56 Å². The van der Waals surface area contributed by atoms with E-state index in [9.17, 15) is 9.59 Å². The first-order valence-corrected chi connectivity index (χ1v) is 12.6. The van der Waals surface area contributed by atoms with Gasteiger partial charge in [-0.2, -0.15) is 0 Å². The van der Waals surface area contributed by atoms with E-state index in [0.29, 0.717) is 23.6 Å². The lowest BCUT2D eigenvalue weighted by molar-refractivity contribution is -0.117. The van der Waals surface area contributed by atoms with Crippen molar-refractivity contribution in [2.45, 2.75) is 51.6 Å². The summed E-state index contributed by atoms with van der Waals surface area (Å²) >= 11 is 1.61. The number of fused-ring (bicyclic) bond motifs is 3. The molecule has 5 rings (SSSR count). The first-order valence-electron chi connectivity index (χ1n) is 11.7. The van der Waals surface area contributed by atoms with Gasteiger partial charge < -0.3 is 10.1 Å². The zero-order valence-corrected chi connectivity index (χ0v) is 19.9. The second-order valence-electron chi connectivity index (χ2n) is 8.56. The number of rotatable bonds is 7. The fourth-order valence-corrected chi connectivity index (χ4v) is 5.76. The summed E-state index contributed by atoms with van der Waals surface area (Å²) in [6.45, 7) is 2.19. The SMILES string of the molecule is CCC(C(=O)Nc1cccc(OCc2cc(=O)n3c4c(sc3n2)CCCC4)c1)c1ccccc1. The maximum atomic E-state index is 12.9. The van der Waals surface area contributed by atoms with Crippen LogP contribution in [0.1, 0.15) is 53.9 Å². The Morgan fingerprint density at radius 2 is 1.94 bits per heavy atom.